The van der Waals surface area contributed by atoms with Crippen LogP contribution in [-0.4, -0.2) is 38.5 Å². The van der Waals surface area contributed by atoms with E-state index >= 15 is 0 Å². The molecular formula is C18H19NO7. The number of fused-ring (bicyclic) bond motifs is 1. The molecule has 1 aromatic carbocycles. The Labute approximate surface area is 149 Å². The molecule has 0 fully saturated rings. The minimum absolute atomic E-state index is 0.0654. The zero-order valence-electron chi connectivity index (χ0n) is 14.7. The molecular weight excluding hydrogens is 342 g/mol. The van der Waals surface area contributed by atoms with E-state index in [1.54, 1.807) is 32.0 Å². The molecule has 0 saturated heterocycles. The molecule has 0 radical (unpaired) electrons. The van der Waals surface area contributed by atoms with E-state index in [2.05, 4.69) is 4.99 Å². The minimum atomic E-state index is -1.37. The van der Waals surface area contributed by atoms with Gasteiger partial charge in [-0.05, 0) is 26.0 Å². The van der Waals surface area contributed by atoms with Gasteiger partial charge in [-0.2, -0.15) is 0 Å². The quantitative estimate of drug-likeness (QED) is 0.322. The maximum absolute atomic E-state index is 12.1. The van der Waals surface area contributed by atoms with Crippen LogP contribution in [0.25, 0.3) is 11.0 Å². The lowest BCUT2D eigenvalue weighted by atomic mass is 10.1. The van der Waals surface area contributed by atoms with Crippen molar-refractivity contribution < 1.29 is 28.2 Å². The zero-order chi connectivity index (χ0) is 19.1. The van der Waals surface area contributed by atoms with Crippen LogP contribution in [0, 0.1) is 5.92 Å². The summed E-state index contributed by atoms with van der Waals surface area (Å²) in [7, 11) is 1.46. The highest BCUT2D eigenvalue weighted by atomic mass is 16.6. The second-order valence-electron chi connectivity index (χ2n) is 5.06. The van der Waals surface area contributed by atoms with Gasteiger partial charge in [0.15, 0.2) is 17.3 Å². The van der Waals surface area contributed by atoms with Crippen molar-refractivity contribution in [1.29, 1.82) is 0 Å². The second-order valence-corrected chi connectivity index (χ2v) is 5.06. The highest BCUT2D eigenvalue weighted by Gasteiger charge is 2.28. The number of aliphatic imine (C=N–C) groups is 1. The molecule has 0 atom stereocenters. The molecule has 0 spiro atoms. The molecule has 0 amide bonds. The standard InChI is InChI=1S/C18H19NO7/c1-4-24-16(20)12(17(21)25-5-2)10-19-13-9-11-7-6-8-14(23-3)15(11)26-18(13)22/h6-10,12H,4-5H2,1-3H3. The van der Waals surface area contributed by atoms with Crippen LogP contribution in [-0.2, 0) is 19.1 Å². The highest BCUT2D eigenvalue weighted by molar-refractivity contribution is 6.09. The first-order chi connectivity index (χ1) is 12.5. The molecule has 2 rings (SSSR count). The van der Waals surface area contributed by atoms with Crippen molar-refractivity contribution in [2.75, 3.05) is 20.3 Å². The lowest BCUT2D eigenvalue weighted by Crippen LogP contribution is -2.29. The Hall–Kier alpha value is -3.16. The molecule has 0 saturated carbocycles. The van der Waals surface area contributed by atoms with Gasteiger partial charge in [-0.1, -0.05) is 12.1 Å². The SMILES string of the molecule is CCOC(=O)C(C=Nc1cc2cccc(OC)c2oc1=O)C(=O)OCC. The fourth-order valence-electron chi connectivity index (χ4n) is 2.19. The Bertz CT molecular complexity index is 867. The van der Waals surface area contributed by atoms with Gasteiger partial charge in [-0.15, -0.1) is 0 Å². The number of carbonyl (C=O) groups is 2. The summed E-state index contributed by atoms with van der Waals surface area (Å²) >= 11 is 0. The molecule has 0 unspecified atom stereocenters. The van der Waals surface area contributed by atoms with Crippen LogP contribution in [0.15, 0.2) is 38.5 Å². The number of methoxy groups -OCH3 is 1. The van der Waals surface area contributed by atoms with Crippen LogP contribution < -0.4 is 10.4 Å². The van der Waals surface area contributed by atoms with E-state index in [1.165, 1.54) is 13.2 Å². The third kappa shape index (κ3) is 4.27. The monoisotopic (exact) mass is 361 g/mol. The lowest BCUT2D eigenvalue weighted by Gasteiger charge is -2.10. The molecule has 0 aliphatic rings. The molecule has 1 heterocycles. The molecule has 0 aliphatic heterocycles. The van der Waals surface area contributed by atoms with E-state index in [0.29, 0.717) is 11.1 Å². The van der Waals surface area contributed by atoms with E-state index in [0.717, 1.165) is 6.21 Å². The van der Waals surface area contributed by atoms with Crippen LogP contribution in [0.3, 0.4) is 0 Å². The summed E-state index contributed by atoms with van der Waals surface area (Å²) in [5.74, 6) is -2.57. The second kappa shape index (κ2) is 8.80. The molecule has 2 aromatic rings. The maximum Gasteiger partial charge on any atom is 0.362 e. The Balaban J connectivity index is 2.40. The normalized spacial score (nSPS) is 11.1. The molecule has 1 aromatic heterocycles. The smallest absolute Gasteiger partial charge is 0.362 e. The molecule has 0 N–H and O–H groups in total. The van der Waals surface area contributed by atoms with Gasteiger partial charge in [-0.3, -0.25) is 14.6 Å². The Morgan fingerprint density at radius 2 is 1.85 bits per heavy atom. The summed E-state index contributed by atoms with van der Waals surface area (Å²) in [4.78, 5) is 39.9. The first kappa shape index (κ1) is 19.2. The van der Waals surface area contributed by atoms with Gasteiger partial charge >= 0.3 is 17.6 Å². The van der Waals surface area contributed by atoms with E-state index in [9.17, 15) is 14.4 Å². The van der Waals surface area contributed by atoms with Crippen LogP contribution in [0.1, 0.15) is 13.8 Å². The first-order valence-corrected chi connectivity index (χ1v) is 8.00. The van der Waals surface area contributed by atoms with Gasteiger partial charge in [0.25, 0.3) is 0 Å². The van der Waals surface area contributed by atoms with Crippen molar-refractivity contribution in [1.82, 2.24) is 0 Å². The maximum atomic E-state index is 12.1. The van der Waals surface area contributed by atoms with E-state index in [-0.39, 0.29) is 24.5 Å². The van der Waals surface area contributed by atoms with Crippen molar-refractivity contribution >= 4 is 34.8 Å². The molecule has 8 nitrogen and oxygen atoms in total. The molecule has 138 valence electrons. The number of para-hydroxylation sites is 1. The summed E-state index contributed by atoms with van der Waals surface area (Å²) in [5, 5.41) is 0.583. The zero-order valence-corrected chi connectivity index (χ0v) is 14.7. The Morgan fingerprint density at radius 1 is 1.19 bits per heavy atom. The van der Waals surface area contributed by atoms with Crippen molar-refractivity contribution in [3.05, 3.63) is 34.7 Å². The van der Waals surface area contributed by atoms with Crippen molar-refractivity contribution in [3.63, 3.8) is 0 Å². The fraction of sp³-hybridized carbons (Fsp3) is 0.333. The number of hydrogen-bond donors (Lipinski definition) is 0. The van der Waals surface area contributed by atoms with Gasteiger partial charge in [0.1, 0.15) is 5.69 Å². The fourth-order valence-corrected chi connectivity index (χ4v) is 2.19. The average Bonchev–Trinajstić information content (AvgIpc) is 2.62. The third-order valence-corrected chi connectivity index (χ3v) is 3.37. The average molecular weight is 361 g/mol. The number of esters is 2. The number of nitrogens with zero attached hydrogens (tertiary/aromatic N) is 1. The third-order valence-electron chi connectivity index (χ3n) is 3.37. The summed E-state index contributed by atoms with van der Waals surface area (Å²) < 4.78 is 20.1. The topological polar surface area (TPSA) is 104 Å². The lowest BCUT2D eigenvalue weighted by molar-refractivity contribution is -0.157. The summed E-state index contributed by atoms with van der Waals surface area (Å²) in [6.07, 6.45) is 1.02. The number of ether oxygens (including phenoxy) is 3. The van der Waals surface area contributed by atoms with E-state index in [4.69, 9.17) is 18.6 Å². The number of rotatable bonds is 7. The van der Waals surface area contributed by atoms with Crippen LogP contribution in [0.2, 0.25) is 0 Å². The molecule has 26 heavy (non-hydrogen) atoms. The number of carbonyl (C=O) groups excluding carboxylic acids is 2. The number of hydrogen-bond acceptors (Lipinski definition) is 8. The van der Waals surface area contributed by atoms with Crippen LogP contribution in [0.5, 0.6) is 5.75 Å². The largest absolute Gasteiger partial charge is 0.493 e. The van der Waals surface area contributed by atoms with Crippen LogP contribution >= 0.6 is 0 Å². The van der Waals surface area contributed by atoms with E-state index in [1.807, 2.05) is 0 Å². The Kier molecular flexibility index (Phi) is 6.48. The van der Waals surface area contributed by atoms with E-state index < -0.39 is 23.5 Å². The van der Waals surface area contributed by atoms with Crippen molar-refractivity contribution in [2.45, 2.75) is 13.8 Å². The van der Waals surface area contributed by atoms with Crippen LogP contribution in [0.4, 0.5) is 5.69 Å². The minimum Gasteiger partial charge on any atom is -0.493 e. The predicted octanol–water partition coefficient (Wildman–Crippen LogP) is 2.25. The van der Waals surface area contributed by atoms with Gasteiger partial charge in [-0.25, -0.2) is 4.79 Å². The van der Waals surface area contributed by atoms with Gasteiger partial charge in [0, 0.05) is 11.6 Å². The van der Waals surface area contributed by atoms with Crippen molar-refractivity contribution in [2.24, 2.45) is 10.9 Å². The predicted molar refractivity (Wildman–Crippen MR) is 93.9 cm³/mol. The number of benzene rings is 1. The van der Waals surface area contributed by atoms with Gasteiger partial charge < -0.3 is 18.6 Å². The highest BCUT2D eigenvalue weighted by Crippen LogP contribution is 2.26. The molecule has 0 aliphatic carbocycles. The molecule has 8 heteroatoms. The van der Waals surface area contributed by atoms with Gasteiger partial charge in [0.2, 0.25) is 0 Å². The molecule has 0 bridgehead atoms. The summed E-state index contributed by atoms with van der Waals surface area (Å²) in [5.41, 5.74) is -0.514. The first-order valence-electron chi connectivity index (χ1n) is 8.00. The summed E-state index contributed by atoms with van der Waals surface area (Å²) in [6, 6.07) is 6.59. The van der Waals surface area contributed by atoms with Gasteiger partial charge in [0.05, 0.1) is 20.3 Å². The summed E-state index contributed by atoms with van der Waals surface area (Å²) in [6.45, 7) is 3.42. The Morgan fingerprint density at radius 3 is 2.42 bits per heavy atom. The van der Waals surface area contributed by atoms with Crippen molar-refractivity contribution in [3.8, 4) is 5.75 Å².